The highest BCUT2D eigenvalue weighted by Crippen LogP contribution is 2.24. The van der Waals surface area contributed by atoms with E-state index < -0.39 is 12.6 Å². The Balaban J connectivity index is 2.45. The minimum absolute atomic E-state index is 0.0559. The summed E-state index contributed by atoms with van der Waals surface area (Å²) in [4.78, 5) is 0. The topological polar surface area (TPSA) is 12.0 Å². The Bertz CT molecular complexity index is 374. The first-order chi connectivity index (χ1) is 8.92. The molecule has 4 heteroatoms. The summed E-state index contributed by atoms with van der Waals surface area (Å²) in [7, 11) is 0. The maximum absolute atomic E-state index is 12.1. The monoisotopic (exact) mass is 273 g/mol. The van der Waals surface area contributed by atoms with E-state index in [0.717, 1.165) is 18.5 Å². The molecular weight excluding hydrogens is 251 g/mol. The zero-order valence-corrected chi connectivity index (χ0v) is 11.6. The molecule has 1 unspecified atom stereocenters. The van der Waals surface area contributed by atoms with Crippen molar-refractivity contribution in [2.24, 2.45) is 0 Å². The van der Waals surface area contributed by atoms with Gasteiger partial charge in [-0.1, -0.05) is 31.5 Å². The fourth-order valence-corrected chi connectivity index (χ4v) is 2.09. The van der Waals surface area contributed by atoms with Gasteiger partial charge in [0.2, 0.25) is 0 Å². The molecule has 1 aromatic carbocycles. The van der Waals surface area contributed by atoms with Crippen molar-refractivity contribution in [3.63, 3.8) is 0 Å². The van der Waals surface area contributed by atoms with Crippen LogP contribution in [0.25, 0.3) is 0 Å². The van der Waals surface area contributed by atoms with Crippen LogP contribution in [-0.4, -0.2) is 12.2 Å². The van der Waals surface area contributed by atoms with E-state index in [4.69, 9.17) is 0 Å². The summed E-state index contributed by atoms with van der Waals surface area (Å²) in [6, 6.07) is 8.05. The molecule has 0 heterocycles. The Morgan fingerprint density at radius 3 is 2.53 bits per heavy atom. The van der Waals surface area contributed by atoms with Gasteiger partial charge >= 0.3 is 6.18 Å². The molecule has 1 aromatic rings. The second-order valence-electron chi connectivity index (χ2n) is 4.96. The summed E-state index contributed by atoms with van der Waals surface area (Å²) in [5.41, 5.74) is 2.27. The minimum Gasteiger partial charge on any atom is -0.382 e. The molecular formula is C15H22F3N. The SMILES string of the molecule is CCCc1ccccc1NC(C)CCCC(F)(F)F. The van der Waals surface area contributed by atoms with Gasteiger partial charge < -0.3 is 5.32 Å². The highest BCUT2D eigenvalue weighted by atomic mass is 19.4. The van der Waals surface area contributed by atoms with E-state index in [1.807, 2.05) is 25.1 Å². The van der Waals surface area contributed by atoms with Crippen molar-refractivity contribution in [2.75, 3.05) is 5.32 Å². The van der Waals surface area contributed by atoms with Gasteiger partial charge in [-0.2, -0.15) is 13.2 Å². The van der Waals surface area contributed by atoms with Gasteiger partial charge in [-0.15, -0.1) is 0 Å². The molecule has 1 nitrogen and oxygen atoms in total. The molecule has 0 spiro atoms. The number of anilines is 1. The zero-order valence-electron chi connectivity index (χ0n) is 11.6. The number of rotatable bonds is 7. The smallest absolute Gasteiger partial charge is 0.382 e. The van der Waals surface area contributed by atoms with Crippen LogP contribution in [0.4, 0.5) is 18.9 Å². The molecule has 0 fully saturated rings. The van der Waals surface area contributed by atoms with Crippen LogP contribution in [0.3, 0.4) is 0 Å². The van der Waals surface area contributed by atoms with Gasteiger partial charge in [-0.05, 0) is 37.8 Å². The van der Waals surface area contributed by atoms with Gasteiger partial charge in [-0.25, -0.2) is 0 Å². The van der Waals surface area contributed by atoms with E-state index >= 15 is 0 Å². The van der Waals surface area contributed by atoms with Gasteiger partial charge in [0.05, 0.1) is 0 Å². The molecule has 0 aliphatic carbocycles. The van der Waals surface area contributed by atoms with Crippen molar-refractivity contribution in [1.82, 2.24) is 0 Å². The van der Waals surface area contributed by atoms with Gasteiger partial charge in [0.25, 0.3) is 0 Å². The Labute approximate surface area is 113 Å². The van der Waals surface area contributed by atoms with Crippen LogP contribution >= 0.6 is 0 Å². The summed E-state index contributed by atoms with van der Waals surface area (Å²) in [5, 5.41) is 3.31. The summed E-state index contributed by atoms with van der Waals surface area (Å²) in [6.45, 7) is 4.04. The standard InChI is InChI=1S/C15H22F3N/c1-3-7-13-9-4-5-10-14(13)19-12(2)8-6-11-15(16,17)18/h4-5,9-10,12,19H,3,6-8,11H2,1-2H3. The molecule has 0 saturated carbocycles. The van der Waals surface area contributed by atoms with Crippen molar-refractivity contribution < 1.29 is 13.2 Å². The van der Waals surface area contributed by atoms with Crippen LogP contribution < -0.4 is 5.32 Å². The number of aryl methyl sites for hydroxylation is 1. The molecule has 108 valence electrons. The summed E-state index contributed by atoms with van der Waals surface area (Å²) in [6.07, 6.45) is -2.00. The van der Waals surface area contributed by atoms with Crippen molar-refractivity contribution in [2.45, 2.75) is 58.2 Å². The first kappa shape index (κ1) is 15.9. The fourth-order valence-electron chi connectivity index (χ4n) is 2.09. The number of halogens is 3. The Hall–Kier alpha value is -1.19. The Morgan fingerprint density at radius 2 is 1.89 bits per heavy atom. The fraction of sp³-hybridized carbons (Fsp3) is 0.600. The van der Waals surface area contributed by atoms with Crippen LogP contribution in [0, 0.1) is 0 Å². The van der Waals surface area contributed by atoms with Crippen LogP contribution in [0.2, 0.25) is 0 Å². The van der Waals surface area contributed by atoms with Crippen LogP contribution in [0.1, 0.15) is 45.1 Å². The van der Waals surface area contributed by atoms with E-state index in [1.54, 1.807) is 0 Å². The largest absolute Gasteiger partial charge is 0.389 e. The third kappa shape index (κ3) is 6.50. The summed E-state index contributed by atoms with van der Waals surface area (Å²) < 4.78 is 36.2. The average molecular weight is 273 g/mol. The molecule has 0 radical (unpaired) electrons. The van der Waals surface area contributed by atoms with E-state index in [2.05, 4.69) is 18.3 Å². The number of alkyl halides is 3. The summed E-state index contributed by atoms with van der Waals surface area (Å²) in [5.74, 6) is 0. The lowest BCUT2D eigenvalue weighted by Crippen LogP contribution is -2.17. The van der Waals surface area contributed by atoms with Crippen LogP contribution in [-0.2, 0) is 6.42 Å². The average Bonchev–Trinajstić information content (AvgIpc) is 2.30. The predicted molar refractivity (Wildman–Crippen MR) is 73.4 cm³/mol. The molecule has 1 N–H and O–H groups in total. The number of nitrogens with one attached hydrogen (secondary N) is 1. The van der Waals surface area contributed by atoms with Gasteiger partial charge in [0.1, 0.15) is 0 Å². The molecule has 0 bridgehead atoms. The third-order valence-corrected chi connectivity index (χ3v) is 3.04. The van der Waals surface area contributed by atoms with Crippen LogP contribution in [0.5, 0.6) is 0 Å². The van der Waals surface area contributed by atoms with Crippen LogP contribution in [0.15, 0.2) is 24.3 Å². The Kier molecular flexibility index (Phi) is 6.19. The van der Waals surface area contributed by atoms with Gasteiger partial charge in [0.15, 0.2) is 0 Å². The third-order valence-electron chi connectivity index (χ3n) is 3.04. The van der Waals surface area contributed by atoms with Crippen molar-refractivity contribution >= 4 is 5.69 Å². The molecule has 0 aliphatic heterocycles. The number of benzene rings is 1. The van der Waals surface area contributed by atoms with Gasteiger partial charge in [-0.3, -0.25) is 0 Å². The number of para-hydroxylation sites is 1. The molecule has 19 heavy (non-hydrogen) atoms. The highest BCUT2D eigenvalue weighted by Gasteiger charge is 2.26. The highest BCUT2D eigenvalue weighted by molar-refractivity contribution is 5.51. The Morgan fingerprint density at radius 1 is 1.21 bits per heavy atom. The second-order valence-corrected chi connectivity index (χ2v) is 4.96. The molecule has 1 rings (SSSR count). The normalized spacial score (nSPS) is 13.3. The lowest BCUT2D eigenvalue weighted by molar-refractivity contribution is -0.135. The second kappa shape index (κ2) is 7.41. The minimum atomic E-state index is -4.04. The molecule has 0 aromatic heterocycles. The van der Waals surface area contributed by atoms with Gasteiger partial charge in [0, 0.05) is 18.2 Å². The van der Waals surface area contributed by atoms with E-state index in [-0.39, 0.29) is 12.5 Å². The molecule has 0 saturated heterocycles. The quantitative estimate of drug-likeness (QED) is 0.722. The first-order valence-electron chi connectivity index (χ1n) is 6.83. The lowest BCUT2D eigenvalue weighted by Gasteiger charge is -2.18. The maximum Gasteiger partial charge on any atom is 0.389 e. The molecule has 0 amide bonds. The number of hydrogen-bond donors (Lipinski definition) is 1. The predicted octanol–water partition coefficient (Wildman–Crippen LogP) is 5.17. The molecule has 0 aliphatic rings. The van der Waals surface area contributed by atoms with E-state index in [0.29, 0.717) is 6.42 Å². The van der Waals surface area contributed by atoms with Crippen molar-refractivity contribution in [1.29, 1.82) is 0 Å². The van der Waals surface area contributed by atoms with Crippen molar-refractivity contribution in [3.8, 4) is 0 Å². The zero-order chi connectivity index (χ0) is 14.3. The van der Waals surface area contributed by atoms with E-state index in [9.17, 15) is 13.2 Å². The first-order valence-corrected chi connectivity index (χ1v) is 6.83. The number of hydrogen-bond acceptors (Lipinski definition) is 1. The summed E-state index contributed by atoms with van der Waals surface area (Å²) >= 11 is 0. The maximum atomic E-state index is 12.1. The van der Waals surface area contributed by atoms with Crippen molar-refractivity contribution in [3.05, 3.63) is 29.8 Å². The lowest BCUT2D eigenvalue weighted by atomic mass is 10.1. The molecule has 1 atom stereocenters. The van der Waals surface area contributed by atoms with E-state index in [1.165, 1.54) is 5.56 Å².